The van der Waals surface area contributed by atoms with Crippen molar-refractivity contribution in [2.24, 2.45) is 0 Å². The molecule has 0 saturated carbocycles. The van der Waals surface area contributed by atoms with Gasteiger partial charge in [-0.2, -0.15) is 0 Å². The SMILES string of the molecule is CC(=O)c1c(C)nc2cccc(N(C)C)n12. The van der Waals surface area contributed by atoms with Crippen molar-refractivity contribution >= 4 is 17.2 Å². The number of fused-ring (bicyclic) bond motifs is 1. The molecule has 84 valence electrons. The van der Waals surface area contributed by atoms with Gasteiger partial charge in [0.2, 0.25) is 0 Å². The molecule has 0 aromatic carbocycles. The maximum atomic E-state index is 11.6. The van der Waals surface area contributed by atoms with Gasteiger partial charge in [0, 0.05) is 21.0 Å². The van der Waals surface area contributed by atoms with Gasteiger partial charge < -0.3 is 4.90 Å². The molecule has 0 aliphatic rings. The maximum absolute atomic E-state index is 11.6. The zero-order chi connectivity index (χ0) is 11.9. The van der Waals surface area contributed by atoms with Crippen LogP contribution in [0.2, 0.25) is 0 Å². The minimum Gasteiger partial charge on any atom is -0.364 e. The molecule has 0 N–H and O–H groups in total. The second-order valence-electron chi connectivity index (χ2n) is 4.07. The summed E-state index contributed by atoms with van der Waals surface area (Å²) in [6.45, 7) is 3.44. The van der Waals surface area contributed by atoms with E-state index in [0.717, 1.165) is 17.2 Å². The van der Waals surface area contributed by atoms with Crippen LogP contribution in [0.25, 0.3) is 5.65 Å². The summed E-state index contributed by atoms with van der Waals surface area (Å²) < 4.78 is 1.90. The molecule has 2 aromatic heterocycles. The Morgan fingerprint density at radius 3 is 2.62 bits per heavy atom. The Labute approximate surface area is 94.5 Å². The number of hydrogen-bond acceptors (Lipinski definition) is 3. The van der Waals surface area contributed by atoms with Crippen LogP contribution in [0.1, 0.15) is 23.1 Å². The van der Waals surface area contributed by atoms with Crippen LogP contribution in [0, 0.1) is 6.92 Å². The van der Waals surface area contributed by atoms with E-state index < -0.39 is 0 Å². The minimum atomic E-state index is 0.0410. The Kier molecular flexibility index (Phi) is 2.42. The van der Waals surface area contributed by atoms with Gasteiger partial charge in [-0.25, -0.2) is 4.98 Å². The fraction of sp³-hybridized carbons (Fsp3) is 0.333. The Morgan fingerprint density at radius 2 is 2.06 bits per heavy atom. The van der Waals surface area contributed by atoms with E-state index in [1.54, 1.807) is 6.92 Å². The molecule has 2 aromatic rings. The number of hydrogen-bond donors (Lipinski definition) is 0. The van der Waals surface area contributed by atoms with Crippen LogP contribution in [0.3, 0.4) is 0 Å². The highest BCUT2D eigenvalue weighted by atomic mass is 16.1. The number of anilines is 1. The predicted molar refractivity (Wildman–Crippen MR) is 64.3 cm³/mol. The molecule has 0 atom stereocenters. The van der Waals surface area contributed by atoms with Gasteiger partial charge in [-0.15, -0.1) is 0 Å². The molecular formula is C12H15N3O. The first kappa shape index (κ1) is 10.7. The predicted octanol–water partition coefficient (Wildman–Crippen LogP) is 1.91. The topological polar surface area (TPSA) is 37.6 Å². The number of aromatic nitrogens is 2. The van der Waals surface area contributed by atoms with Gasteiger partial charge >= 0.3 is 0 Å². The third-order valence-electron chi connectivity index (χ3n) is 2.59. The van der Waals surface area contributed by atoms with E-state index in [9.17, 15) is 4.79 Å². The third kappa shape index (κ3) is 1.46. The van der Waals surface area contributed by atoms with Gasteiger partial charge in [0.15, 0.2) is 5.78 Å². The quantitative estimate of drug-likeness (QED) is 0.721. The lowest BCUT2D eigenvalue weighted by Gasteiger charge is -2.15. The van der Waals surface area contributed by atoms with Crippen molar-refractivity contribution in [3.05, 3.63) is 29.6 Å². The first-order valence-corrected chi connectivity index (χ1v) is 5.18. The summed E-state index contributed by atoms with van der Waals surface area (Å²) in [5.41, 5.74) is 2.26. The molecule has 0 radical (unpaired) electrons. The fourth-order valence-electron chi connectivity index (χ4n) is 1.95. The number of aryl methyl sites for hydroxylation is 1. The highest BCUT2D eigenvalue weighted by Gasteiger charge is 2.15. The van der Waals surface area contributed by atoms with Crippen LogP contribution in [0.15, 0.2) is 18.2 Å². The lowest BCUT2D eigenvalue weighted by atomic mass is 10.2. The van der Waals surface area contributed by atoms with Crippen LogP contribution >= 0.6 is 0 Å². The molecular weight excluding hydrogens is 202 g/mol. The lowest BCUT2D eigenvalue weighted by molar-refractivity contribution is 0.101. The average Bonchev–Trinajstić information content (AvgIpc) is 2.52. The Balaban J connectivity index is 2.88. The molecule has 16 heavy (non-hydrogen) atoms. The zero-order valence-electron chi connectivity index (χ0n) is 9.98. The van der Waals surface area contributed by atoms with Crippen LogP contribution in [0.5, 0.6) is 0 Å². The second kappa shape index (κ2) is 3.63. The average molecular weight is 217 g/mol. The van der Waals surface area contributed by atoms with E-state index in [1.165, 1.54) is 0 Å². The van der Waals surface area contributed by atoms with Gasteiger partial charge in [-0.05, 0) is 19.1 Å². The van der Waals surface area contributed by atoms with Crippen molar-refractivity contribution < 1.29 is 4.79 Å². The van der Waals surface area contributed by atoms with E-state index in [4.69, 9.17) is 0 Å². The summed E-state index contributed by atoms with van der Waals surface area (Å²) in [7, 11) is 3.90. The van der Waals surface area contributed by atoms with Crippen molar-refractivity contribution in [2.75, 3.05) is 19.0 Å². The van der Waals surface area contributed by atoms with Crippen molar-refractivity contribution in [3.63, 3.8) is 0 Å². The molecule has 0 saturated heterocycles. The molecule has 0 fully saturated rings. The molecule has 4 nitrogen and oxygen atoms in total. The number of pyridine rings is 1. The first-order valence-electron chi connectivity index (χ1n) is 5.18. The van der Waals surface area contributed by atoms with E-state index in [2.05, 4.69) is 4.98 Å². The monoisotopic (exact) mass is 217 g/mol. The lowest BCUT2D eigenvalue weighted by Crippen LogP contribution is -2.15. The number of ketones is 1. The van der Waals surface area contributed by atoms with Gasteiger partial charge in [-0.1, -0.05) is 6.07 Å². The minimum absolute atomic E-state index is 0.0410. The van der Waals surface area contributed by atoms with E-state index >= 15 is 0 Å². The fourth-order valence-corrected chi connectivity index (χ4v) is 1.95. The summed E-state index contributed by atoms with van der Waals surface area (Å²) in [6.07, 6.45) is 0. The molecule has 2 heterocycles. The molecule has 0 spiro atoms. The Hall–Kier alpha value is -1.84. The highest BCUT2D eigenvalue weighted by molar-refractivity contribution is 5.95. The van der Waals surface area contributed by atoms with Crippen LogP contribution in [-0.2, 0) is 0 Å². The van der Waals surface area contributed by atoms with Crippen molar-refractivity contribution in [1.29, 1.82) is 0 Å². The number of rotatable bonds is 2. The number of imidazole rings is 1. The Morgan fingerprint density at radius 1 is 1.38 bits per heavy atom. The summed E-state index contributed by atoms with van der Waals surface area (Å²) in [5.74, 6) is 1.00. The highest BCUT2D eigenvalue weighted by Crippen LogP contribution is 2.20. The van der Waals surface area contributed by atoms with Crippen LogP contribution in [0.4, 0.5) is 5.82 Å². The zero-order valence-corrected chi connectivity index (χ0v) is 9.98. The third-order valence-corrected chi connectivity index (χ3v) is 2.59. The summed E-state index contributed by atoms with van der Waals surface area (Å²) in [5, 5.41) is 0. The van der Waals surface area contributed by atoms with Crippen molar-refractivity contribution in [2.45, 2.75) is 13.8 Å². The van der Waals surface area contributed by atoms with Crippen molar-refractivity contribution in [3.8, 4) is 0 Å². The van der Waals surface area contributed by atoms with Gasteiger partial charge in [-0.3, -0.25) is 9.20 Å². The summed E-state index contributed by atoms with van der Waals surface area (Å²) in [4.78, 5) is 18.0. The smallest absolute Gasteiger partial charge is 0.178 e. The number of nitrogens with zero attached hydrogens (tertiary/aromatic N) is 3. The molecule has 2 rings (SSSR count). The number of Topliss-reactive ketones (excluding diaryl/α,β-unsaturated/α-hetero) is 1. The summed E-state index contributed by atoms with van der Waals surface area (Å²) >= 11 is 0. The number of carbonyl (C=O) groups excluding carboxylic acids is 1. The molecule has 4 heteroatoms. The molecule has 0 aliphatic heterocycles. The largest absolute Gasteiger partial charge is 0.364 e. The standard InChI is InChI=1S/C12H15N3O/c1-8-12(9(2)16)15-10(13-8)6-5-7-11(15)14(3)4/h5-7H,1-4H3. The number of carbonyl (C=O) groups is 1. The van der Waals surface area contributed by atoms with E-state index in [-0.39, 0.29) is 5.78 Å². The molecule has 0 amide bonds. The van der Waals surface area contributed by atoms with Gasteiger partial charge in [0.05, 0.1) is 5.69 Å². The van der Waals surface area contributed by atoms with E-state index in [0.29, 0.717) is 5.69 Å². The van der Waals surface area contributed by atoms with Crippen LogP contribution in [-0.4, -0.2) is 29.3 Å². The van der Waals surface area contributed by atoms with Crippen molar-refractivity contribution in [1.82, 2.24) is 9.38 Å². The Bertz CT molecular complexity index is 555. The van der Waals surface area contributed by atoms with Gasteiger partial charge in [0.1, 0.15) is 17.2 Å². The molecule has 0 bridgehead atoms. The normalized spacial score (nSPS) is 10.8. The van der Waals surface area contributed by atoms with Crippen LogP contribution < -0.4 is 4.90 Å². The molecule has 0 unspecified atom stereocenters. The maximum Gasteiger partial charge on any atom is 0.178 e. The molecule has 0 aliphatic carbocycles. The first-order chi connectivity index (χ1) is 7.52. The summed E-state index contributed by atoms with van der Waals surface area (Å²) in [6, 6.07) is 5.83. The van der Waals surface area contributed by atoms with E-state index in [1.807, 2.05) is 48.5 Å². The van der Waals surface area contributed by atoms with Gasteiger partial charge in [0.25, 0.3) is 0 Å². The second-order valence-corrected chi connectivity index (χ2v) is 4.07.